The molecule has 2 N–H and O–H groups in total. The van der Waals surface area contributed by atoms with Gasteiger partial charge in [-0.2, -0.15) is 0 Å². The quantitative estimate of drug-likeness (QED) is 0.649. The minimum atomic E-state index is -0.158. The summed E-state index contributed by atoms with van der Waals surface area (Å²) in [4.78, 5) is 11.6. The fraction of sp³-hybridized carbons (Fsp3) is 0.167. The summed E-state index contributed by atoms with van der Waals surface area (Å²) in [6.45, 7) is 4.07. The number of hydrogen-bond acceptors (Lipinski definition) is 2. The molecule has 3 nitrogen and oxygen atoms in total. The molecular weight excluding hydrogens is 256 g/mol. The van der Waals surface area contributed by atoms with Crippen molar-refractivity contribution in [2.24, 2.45) is 0 Å². The summed E-state index contributed by atoms with van der Waals surface area (Å²) >= 11 is 10.7. The fourth-order valence-electron chi connectivity index (χ4n) is 1.17. The zero-order valence-corrected chi connectivity index (χ0v) is 10.8. The first-order valence-corrected chi connectivity index (χ1v) is 5.83. The highest BCUT2D eigenvalue weighted by Gasteiger charge is 2.05. The molecule has 1 rings (SSSR count). The largest absolute Gasteiger partial charge is 0.359 e. The van der Waals surface area contributed by atoms with Crippen LogP contribution in [0.3, 0.4) is 0 Å². The van der Waals surface area contributed by atoms with Crippen LogP contribution in [-0.2, 0) is 11.2 Å². The molecule has 0 fully saturated rings. The van der Waals surface area contributed by atoms with Crippen LogP contribution in [0.5, 0.6) is 0 Å². The van der Waals surface area contributed by atoms with Crippen molar-refractivity contribution in [1.29, 1.82) is 0 Å². The molecule has 0 spiro atoms. The molecule has 0 unspecified atom stereocenters. The number of halogens is 1. The van der Waals surface area contributed by atoms with Crippen LogP contribution in [0.4, 0.5) is 0 Å². The van der Waals surface area contributed by atoms with E-state index in [-0.39, 0.29) is 12.3 Å². The molecule has 0 saturated heterocycles. The summed E-state index contributed by atoms with van der Waals surface area (Å²) < 4.78 is 0. The molecule has 5 heteroatoms. The van der Waals surface area contributed by atoms with Gasteiger partial charge in [-0.3, -0.25) is 4.79 Å². The van der Waals surface area contributed by atoms with Crippen molar-refractivity contribution in [3.05, 3.63) is 47.5 Å². The van der Waals surface area contributed by atoms with Crippen LogP contribution in [0, 0.1) is 0 Å². The topological polar surface area (TPSA) is 41.1 Å². The van der Waals surface area contributed by atoms with Crippen LogP contribution in [0.1, 0.15) is 5.56 Å². The summed E-state index contributed by atoms with van der Waals surface area (Å²) in [5.41, 5.74) is 0.887. The second kappa shape index (κ2) is 7.04. The van der Waals surface area contributed by atoms with E-state index in [1.54, 1.807) is 18.2 Å². The summed E-state index contributed by atoms with van der Waals surface area (Å²) in [6.07, 6.45) is 1.94. The van der Waals surface area contributed by atoms with E-state index < -0.39 is 0 Å². The summed E-state index contributed by atoms with van der Waals surface area (Å²) in [7, 11) is 0. The standard InChI is InChI=1S/C12H13ClN2OS/c1-2-7-14-12(17)15-11(16)8-9-3-5-10(13)6-4-9/h2-6H,1,7-8H2,(H2,14,15,16,17). The molecular formula is C12H13ClN2OS. The zero-order chi connectivity index (χ0) is 12.7. The lowest BCUT2D eigenvalue weighted by Crippen LogP contribution is -2.39. The van der Waals surface area contributed by atoms with E-state index in [0.717, 1.165) is 5.56 Å². The summed E-state index contributed by atoms with van der Waals surface area (Å²) in [6, 6.07) is 7.11. The Morgan fingerprint density at radius 2 is 2.06 bits per heavy atom. The Bertz CT molecular complexity index is 417. The van der Waals surface area contributed by atoms with Crippen molar-refractivity contribution in [3.63, 3.8) is 0 Å². The van der Waals surface area contributed by atoms with Crippen LogP contribution in [0.15, 0.2) is 36.9 Å². The molecule has 0 atom stereocenters. The normalized spacial score (nSPS) is 9.47. The minimum absolute atomic E-state index is 0.158. The second-order valence-electron chi connectivity index (χ2n) is 3.35. The van der Waals surface area contributed by atoms with Gasteiger partial charge >= 0.3 is 0 Å². The first-order valence-electron chi connectivity index (χ1n) is 5.05. The molecule has 0 saturated carbocycles. The highest BCUT2D eigenvalue weighted by atomic mass is 35.5. The Hall–Kier alpha value is -1.39. The van der Waals surface area contributed by atoms with Crippen molar-refractivity contribution < 1.29 is 4.79 Å². The van der Waals surface area contributed by atoms with Gasteiger partial charge in [-0.25, -0.2) is 0 Å². The number of hydrogen-bond donors (Lipinski definition) is 2. The van der Waals surface area contributed by atoms with Crippen LogP contribution in [0.25, 0.3) is 0 Å². The van der Waals surface area contributed by atoms with E-state index in [4.69, 9.17) is 23.8 Å². The predicted octanol–water partition coefficient (Wildman–Crippen LogP) is 2.06. The van der Waals surface area contributed by atoms with Gasteiger partial charge < -0.3 is 10.6 Å². The van der Waals surface area contributed by atoms with Crippen molar-refractivity contribution in [2.75, 3.05) is 6.54 Å². The maximum Gasteiger partial charge on any atom is 0.230 e. The average Bonchev–Trinajstić information content (AvgIpc) is 2.29. The fourth-order valence-corrected chi connectivity index (χ4v) is 1.49. The molecule has 0 aliphatic rings. The SMILES string of the molecule is C=CCNC(=S)NC(=O)Cc1ccc(Cl)cc1. The zero-order valence-electron chi connectivity index (χ0n) is 9.20. The maximum absolute atomic E-state index is 11.6. The lowest BCUT2D eigenvalue weighted by molar-refractivity contribution is -0.119. The summed E-state index contributed by atoms with van der Waals surface area (Å²) in [5.74, 6) is -0.158. The Morgan fingerprint density at radius 3 is 2.65 bits per heavy atom. The summed E-state index contributed by atoms with van der Waals surface area (Å²) in [5, 5.41) is 6.36. The van der Waals surface area contributed by atoms with E-state index in [9.17, 15) is 4.79 Å². The van der Waals surface area contributed by atoms with Crippen molar-refractivity contribution >= 4 is 34.8 Å². The predicted molar refractivity (Wildman–Crippen MR) is 74.1 cm³/mol. The van der Waals surface area contributed by atoms with Crippen LogP contribution < -0.4 is 10.6 Å². The van der Waals surface area contributed by atoms with Gasteiger partial charge in [0.2, 0.25) is 5.91 Å². The average molecular weight is 269 g/mol. The van der Waals surface area contributed by atoms with E-state index >= 15 is 0 Å². The lowest BCUT2D eigenvalue weighted by atomic mass is 10.1. The molecule has 1 aromatic carbocycles. The van der Waals surface area contributed by atoms with Crippen molar-refractivity contribution in [2.45, 2.75) is 6.42 Å². The third-order valence-electron chi connectivity index (χ3n) is 1.94. The number of carbonyl (C=O) groups is 1. The van der Waals surface area contributed by atoms with Gasteiger partial charge in [0.15, 0.2) is 5.11 Å². The van der Waals surface area contributed by atoms with Crippen LogP contribution in [-0.4, -0.2) is 17.6 Å². The Balaban J connectivity index is 2.41. The van der Waals surface area contributed by atoms with Gasteiger partial charge in [0.1, 0.15) is 0 Å². The van der Waals surface area contributed by atoms with E-state index in [1.165, 1.54) is 0 Å². The molecule has 90 valence electrons. The first kappa shape index (κ1) is 13.7. The highest BCUT2D eigenvalue weighted by Crippen LogP contribution is 2.09. The third kappa shape index (κ3) is 5.47. The number of carbonyl (C=O) groups excluding carboxylic acids is 1. The van der Waals surface area contributed by atoms with E-state index in [0.29, 0.717) is 16.7 Å². The van der Waals surface area contributed by atoms with Crippen LogP contribution in [0.2, 0.25) is 5.02 Å². The number of amides is 1. The minimum Gasteiger partial charge on any atom is -0.359 e. The number of benzene rings is 1. The van der Waals surface area contributed by atoms with Crippen molar-refractivity contribution in [1.82, 2.24) is 10.6 Å². The molecule has 0 bridgehead atoms. The molecule has 0 aliphatic carbocycles. The Kier molecular flexibility index (Phi) is 5.66. The maximum atomic E-state index is 11.6. The Morgan fingerprint density at radius 1 is 1.41 bits per heavy atom. The van der Waals surface area contributed by atoms with Gasteiger partial charge in [0.25, 0.3) is 0 Å². The molecule has 0 radical (unpaired) electrons. The molecule has 1 amide bonds. The van der Waals surface area contributed by atoms with Gasteiger partial charge in [-0.05, 0) is 29.9 Å². The number of rotatable bonds is 4. The number of thiocarbonyl (C=S) groups is 1. The second-order valence-corrected chi connectivity index (χ2v) is 4.19. The third-order valence-corrected chi connectivity index (χ3v) is 2.44. The van der Waals surface area contributed by atoms with E-state index in [1.807, 2.05) is 12.1 Å². The highest BCUT2D eigenvalue weighted by molar-refractivity contribution is 7.80. The molecule has 1 aromatic rings. The molecule has 0 aliphatic heterocycles. The molecule has 0 heterocycles. The van der Waals surface area contributed by atoms with Crippen LogP contribution >= 0.6 is 23.8 Å². The monoisotopic (exact) mass is 268 g/mol. The van der Waals surface area contributed by atoms with Gasteiger partial charge in [0, 0.05) is 11.6 Å². The lowest BCUT2D eigenvalue weighted by Gasteiger charge is -2.07. The molecule has 0 aromatic heterocycles. The number of nitrogens with one attached hydrogen (secondary N) is 2. The van der Waals surface area contributed by atoms with Gasteiger partial charge in [-0.15, -0.1) is 6.58 Å². The van der Waals surface area contributed by atoms with Gasteiger partial charge in [0.05, 0.1) is 6.42 Å². The first-order chi connectivity index (χ1) is 8.11. The van der Waals surface area contributed by atoms with E-state index in [2.05, 4.69) is 17.2 Å². The molecule has 17 heavy (non-hydrogen) atoms. The van der Waals surface area contributed by atoms with Gasteiger partial charge in [-0.1, -0.05) is 29.8 Å². The van der Waals surface area contributed by atoms with Crippen molar-refractivity contribution in [3.8, 4) is 0 Å². The Labute approximate surface area is 111 Å². The smallest absolute Gasteiger partial charge is 0.230 e.